The van der Waals surface area contributed by atoms with Gasteiger partial charge in [-0.3, -0.25) is 24.4 Å². The van der Waals surface area contributed by atoms with Crippen molar-refractivity contribution < 1.29 is 23.7 Å². The number of aromatic nitrogens is 2. The molecule has 9 rings (SSSR count). The van der Waals surface area contributed by atoms with Crippen molar-refractivity contribution in [3.8, 4) is 11.1 Å². The third kappa shape index (κ3) is 22.5. The number of nitrogens with one attached hydrogen (secondary N) is 3. The molecule has 1 fully saturated rings. The Balaban J connectivity index is 0.000000196. The van der Waals surface area contributed by atoms with Gasteiger partial charge in [-0.05, 0) is 209 Å². The number of hydrogen-bond acceptors (Lipinski definition) is 7. The van der Waals surface area contributed by atoms with Crippen LogP contribution in [0.3, 0.4) is 0 Å². The van der Waals surface area contributed by atoms with Gasteiger partial charge in [0.15, 0.2) is 0 Å². The van der Waals surface area contributed by atoms with Crippen LogP contribution in [0, 0.1) is 3.57 Å². The number of pyridine rings is 2. The number of rotatable bonds is 14. The Hall–Kier alpha value is -6.78. The number of aryl methyl sites for hydroxylation is 3. The summed E-state index contributed by atoms with van der Waals surface area (Å²) in [5.74, 6) is 0.103. The number of benzene rings is 6. The second kappa shape index (κ2) is 31.2. The molecule has 0 unspecified atom stereocenters. The Morgan fingerprint density at radius 2 is 0.721 bits per heavy atom. The van der Waals surface area contributed by atoms with Gasteiger partial charge in [-0.1, -0.05) is 175 Å². The average Bonchev–Trinajstić information content (AvgIpc) is 2.36. The first-order valence-corrected chi connectivity index (χ1v) is 31.4. The van der Waals surface area contributed by atoms with Crippen molar-refractivity contribution in [1.82, 2.24) is 9.97 Å². The zero-order chi connectivity index (χ0) is 62.7. The van der Waals surface area contributed by atoms with E-state index in [1.165, 1.54) is 33.4 Å². The first kappa shape index (κ1) is 68.3. The molecule has 1 aliphatic heterocycles. The lowest BCUT2D eigenvalue weighted by atomic mass is 9.79. The molecule has 0 spiro atoms. The van der Waals surface area contributed by atoms with Crippen molar-refractivity contribution in [2.24, 2.45) is 0 Å². The van der Waals surface area contributed by atoms with Crippen molar-refractivity contribution in [2.45, 2.75) is 156 Å². The fraction of sp³-hybridized carbons (Fsp3) is 0.329. The third-order valence-corrected chi connectivity index (χ3v) is 16.3. The van der Waals surface area contributed by atoms with E-state index in [4.69, 9.17) is 9.31 Å². The summed E-state index contributed by atoms with van der Waals surface area (Å²) in [5.41, 5.74) is 12.8. The highest BCUT2D eigenvalue weighted by molar-refractivity contribution is 14.1. The van der Waals surface area contributed by atoms with Gasteiger partial charge in [-0.2, -0.15) is 0 Å². The topological polar surface area (TPSA) is 132 Å². The van der Waals surface area contributed by atoms with Gasteiger partial charge >= 0.3 is 7.12 Å². The molecular weight excluding hydrogens is 1240 g/mol. The van der Waals surface area contributed by atoms with Crippen LogP contribution in [-0.4, -0.2) is 46.0 Å². The minimum atomic E-state index is -0.393. The van der Waals surface area contributed by atoms with Gasteiger partial charge in [0, 0.05) is 69.2 Å². The largest absolute Gasteiger partial charge is 0.494 e. The predicted octanol–water partition coefficient (Wildman–Crippen LogP) is 17.5. The van der Waals surface area contributed by atoms with Crippen LogP contribution in [0.5, 0.6) is 0 Å². The minimum Gasteiger partial charge on any atom is -0.399 e. The first-order chi connectivity index (χ1) is 40.5. The summed E-state index contributed by atoms with van der Waals surface area (Å²) in [6.07, 6.45) is 10.7. The van der Waals surface area contributed by atoms with Crippen molar-refractivity contribution in [3.63, 3.8) is 0 Å². The molecule has 0 atom stereocenters. The van der Waals surface area contributed by atoms with Gasteiger partial charge in [0.1, 0.15) is 0 Å². The number of anilines is 3. The lowest BCUT2D eigenvalue weighted by Gasteiger charge is -2.32. The lowest BCUT2D eigenvalue weighted by molar-refractivity contribution is -0.117. The molecule has 86 heavy (non-hydrogen) atoms. The van der Waals surface area contributed by atoms with Crippen molar-refractivity contribution in [2.75, 3.05) is 16.0 Å². The van der Waals surface area contributed by atoms with E-state index in [0.29, 0.717) is 19.3 Å². The molecule has 10 nitrogen and oxygen atoms in total. The van der Waals surface area contributed by atoms with Gasteiger partial charge < -0.3 is 25.3 Å². The van der Waals surface area contributed by atoms with Gasteiger partial charge in [0.25, 0.3) is 0 Å². The molecule has 1 saturated heterocycles. The monoisotopic (exact) mass is 1330 g/mol. The molecule has 0 saturated carbocycles. The van der Waals surface area contributed by atoms with E-state index in [-0.39, 0.29) is 45.2 Å². The fourth-order valence-corrected chi connectivity index (χ4v) is 9.41. The van der Waals surface area contributed by atoms with Gasteiger partial charge in [0.05, 0.1) is 11.2 Å². The summed E-state index contributed by atoms with van der Waals surface area (Å²) < 4.78 is 14.4. The zero-order valence-corrected chi connectivity index (χ0v) is 56.2. The second-order valence-corrected chi connectivity index (χ2v) is 27.8. The average molecular weight is 1330 g/mol. The summed E-state index contributed by atoms with van der Waals surface area (Å²) >= 11 is 5.52. The molecule has 3 heterocycles. The molecule has 0 radical (unpaired) electrons. The van der Waals surface area contributed by atoms with E-state index in [1.54, 1.807) is 24.8 Å². The molecule has 13 heteroatoms. The Bertz CT molecular complexity index is 3360. The Kier molecular flexibility index (Phi) is 24.8. The standard InChI is InChI=1S/C25H34BNO3.C24H26N2O.C19H22INO.C5H4BrN/c1-23(2,3)19-11-8-18(9-12-19)10-17-22(28)27-21-15-13-20(14-16-21)26-29-24(4,5)25(6,7)30-26;1-24(2,3)21-9-4-18(5-10-21)6-13-23(27)26-22-11-7-19(8-12-22)20-14-16-25-17-15-20;1-19(2,3)15-7-4-14(5-8-15)6-13-18(22)21-17-11-9-16(20)10-12-17;6-5-1-3-7-4-2-5/h8-9,11-16H,10,17H2,1-7H3,(H,27,28);4-5,7-12,14-17H,6,13H2,1-3H3,(H,26,27);4-5,7-12H,6,13H2,1-3H3,(H,21,22);1-4H. The van der Waals surface area contributed by atoms with Crippen molar-refractivity contribution in [1.29, 1.82) is 0 Å². The SMILES string of the molecule is Brc1ccncc1.CC(C)(C)c1ccc(CCC(=O)Nc2ccc(-c3ccncc3)cc2)cc1.CC(C)(C)c1ccc(CCC(=O)Nc2ccc(B3OC(C)(C)C(C)(C)O3)cc2)cc1.CC(C)(C)c1ccc(CCC(=O)Nc2ccc(I)cc2)cc1. The molecule has 0 bridgehead atoms. The van der Waals surface area contributed by atoms with Crippen LogP contribution in [0.1, 0.15) is 143 Å². The van der Waals surface area contributed by atoms with Crippen LogP contribution < -0.4 is 21.4 Å². The Labute approximate surface area is 535 Å². The fourth-order valence-electron chi connectivity index (χ4n) is 8.82. The van der Waals surface area contributed by atoms with Gasteiger partial charge in [0.2, 0.25) is 17.7 Å². The summed E-state index contributed by atoms with van der Waals surface area (Å²) in [7, 11) is -0.393. The quantitative estimate of drug-likeness (QED) is 0.0730. The number of hydrogen-bond donors (Lipinski definition) is 3. The Morgan fingerprint density at radius 3 is 1.02 bits per heavy atom. The second-order valence-electron chi connectivity index (χ2n) is 25.7. The molecule has 1 aliphatic rings. The molecule has 3 amide bonds. The van der Waals surface area contributed by atoms with Gasteiger partial charge in [-0.25, -0.2) is 0 Å². The highest BCUT2D eigenvalue weighted by Gasteiger charge is 2.51. The minimum absolute atomic E-state index is 0.0123. The maximum Gasteiger partial charge on any atom is 0.494 e. The summed E-state index contributed by atoms with van der Waals surface area (Å²) in [5, 5.41) is 8.89. The van der Waals surface area contributed by atoms with E-state index < -0.39 is 7.12 Å². The third-order valence-electron chi connectivity index (χ3n) is 15.1. The highest BCUT2D eigenvalue weighted by atomic mass is 127. The molecule has 8 aromatic rings. The normalized spacial score (nSPS) is 13.3. The number of halogens is 2. The highest BCUT2D eigenvalue weighted by Crippen LogP contribution is 2.37. The smallest absolute Gasteiger partial charge is 0.399 e. The van der Waals surface area contributed by atoms with Crippen LogP contribution in [0.15, 0.2) is 199 Å². The number of amides is 3. The van der Waals surface area contributed by atoms with Crippen LogP contribution in [0.4, 0.5) is 17.1 Å². The van der Waals surface area contributed by atoms with E-state index in [2.05, 4.69) is 200 Å². The predicted molar refractivity (Wildman–Crippen MR) is 369 cm³/mol. The number of carbonyl (C=O) groups is 3. The van der Waals surface area contributed by atoms with E-state index in [0.717, 1.165) is 61.0 Å². The summed E-state index contributed by atoms with van der Waals surface area (Å²) in [4.78, 5) is 44.4. The molecule has 6 aromatic carbocycles. The van der Waals surface area contributed by atoms with E-state index in [1.807, 2.05) is 125 Å². The molecule has 2 aromatic heterocycles. The molecule has 0 aliphatic carbocycles. The van der Waals surface area contributed by atoms with Crippen molar-refractivity contribution in [3.05, 3.63) is 236 Å². The summed E-state index contributed by atoms with van der Waals surface area (Å²) in [6.45, 7) is 28.0. The lowest BCUT2D eigenvalue weighted by Crippen LogP contribution is -2.41. The number of nitrogens with zero attached hydrogens (tertiary/aromatic N) is 2. The maximum atomic E-state index is 12.4. The zero-order valence-electron chi connectivity index (χ0n) is 52.5. The van der Waals surface area contributed by atoms with Crippen LogP contribution in [-0.2, 0) is 59.2 Å². The molecule has 450 valence electrons. The van der Waals surface area contributed by atoms with Crippen LogP contribution in [0.2, 0.25) is 0 Å². The van der Waals surface area contributed by atoms with Crippen LogP contribution in [0.25, 0.3) is 11.1 Å². The number of carbonyl (C=O) groups excluding carboxylic acids is 3. The first-order valence-electron chi connectivity index (χ1n) is 29.5. The van der Waals surface area contributed by atoms with Crippen molar-refractivity contribution >= 4 is 85.9 Å². The van der Waals surface area contributed by atoms with Gasteiger partial charge in [-0.15, -0.1) is 0 Å². The Morgan fingerprint density at radius 1 is 0.430 bits per heavy atom. The maximum absolute atomic E-state index is 12.4. The van der Waals surface area contributed by atoms with E-state index >= 15 is 0 Å². The van der Waals surface area contributed by atoms with Crippen LogP contribution >= 0.6 is 38.5 Å². The molecule has 3 N–H and O–H groups in total. The molecular formula is C73H86BBrIN5O5. The van der Waals surface area contributed by atoms with E-state index in [9.17, 15) is 14.4 Å². The summed E-state index contributed by atoms with van der Waals surface area (Å²) in [6, 6.07) is 56.8.